The molecule has 16 heavy (non-hydrogen) atoms. The quantitative estimate of drug-likeness (QED) is 0.287. The molecule has 1 aromatic rings. The van der Waals surface area contributed by atoms with E-state index in [4.69, 9.17) is 10.9 Å². The van der Waals surface area contributed by atoms with Crippen LogP contribution in [0.15, 0.2) is 29.6 Å². The van der Waals surface area contributed by atoms with Crippen molar-refractivity contribution in [2.45, 2.75) is 25.8 Å². The van der Waals surface area contributed by atoms with Crippen LogP contribution in [0.1, 0.15) is 19.0 Å². The molecule has 5 heteroatoms. The fourth-order valence-electron chi connectivity index (χ4n) is 1.45. The molecule has 0 aromatic carbocycles. The fourth-order valence-corrected chi connectivity index (χ4v) is 1.45. The van der Waals surface area contributed by atoms with Crippen LogP contribution >= 0.6 is 0 Å². The predicted octanol–water partition coefficient (Wildman–Crippen LogP) is 0.739. The van der Waals surface area contributed by atoms with Gasteiger partial charge < -0.3 is 16.3 Å². The molecule has 0 spiro atoms. The normalized spacial score (nSPS) is 13.7. The molecule has 4 N–H and O–H groups in total. The number of aromatic nitrogens is 1. The first kappa shape index (κ1) is 12.4. The SMILES string of the molecule is CCC(NCCc1ccccn1)C(N)=NO. The van der Waals surface area contributed by atoms with E-state index in [2.05, 4.69) is 15.5 Å². The summed E-state index contributed by atoms with van der Waals surface area (Å²) in [5, 5.41) is 14.8. The topological polar surface area (TPSA) is 83.5 Å². The third kappa shape index (κ3) is 3.86. The Balaban J connectivity index is 2.34. The number of rotatable bonds is 6. The molecular weight excluding hydrogens is 204 g/mol. The van der Waals surface area contributed by atoms with E-state index in [9.17, 15) is 0 Å². The highest BCUT2D eigenvalue weighted by atomic mass is 16.4. The summed E-state index contributed by atoms with van der Waals surface area (Å²) in [4.78, 5) is 4.22. The lowest BCUT2D eigenvalue weighted by molar-refractivity contribution is 0.314. The fraction of sp³-hybridized carbons (Fsp3) is 0.455. The van der Waals surface area contributed by atoms with Gasteiger partial charge in [0.1, 0.15) is 0 Å². The van der Waals surface area contributed by atoms with Crippen molar-refractivity contribution in [1.29, 1.82) is 0 Å². The van der Waals surface area contributed by atoms with Crippen LogP contribution < -0.4 is 11.1 Å². The smallest absolute Gasteiger partial charge is 0.156 e. The molecule has 0 fully saturated rings. The summed E-state index contributed by atoms with van der Waals surface area (Å²) in [6, 6.07) is 5.76. The molecule has 0 aliphatic heterocycles. The summed E-state index contributed by atoms with van der Waals surface area (Å²) in [5.41, 5.74) is 6.56. The lowest BCUT2D eigenvalue weighted by Gasteiger charge is -2.14. The number of pyridine rings is 1. The van der Waals surface area contributed by atoms with Crippen LogP contribution in [-0.4, -0.2) is 28.6 Å². The van der Waals surface area contributed by atoms with Crippen LogP contribution in [0.4, 0.5) is 0 Å². The van der Waals surface area contributed by atoms with E-state index in [1.165, 1.54) is 0 Å². The monoisotopic (exact) mass is 222 g/mol. The lowest BCUT2D eigenvalue weighted by Crippen LogP contribution is -2.41. The summed E-state index contributed by atoms with van der Waals surface area (Å²) in [6.07, 6.45) is 3.39. The van der Waals surface area contributed by atoms with Crippen LogP contribution in [0.25, 0.3) is 0 Å². The number of nitrogens with two attached hydrogens (primary N) is 1. The Labute approximate surface area is 95.4 Å². The Kier molecular flexibility index (Phi) is 5.28. The predicted molar refractivity (Wildman–Crippen MR) is 63.4 cm³/mol. The molecule has 0 saturated carbocycles. The molecule has 1 rings (SSSR count). The van der Waals surface area contributed by atoms with Crippen LogP contribution in [0, 0.1) is 0 Å². The average molecular weight is 222 g/mol. The van der Waals surface area contributed by atoms with Gasteiger partial charge in [-0.2, -0.15) is 0 Å². The van der Waals surface area contributed by atoms with E-state index in [0.717, 1.165) is 25.1 Å². The molecule has 0 aliphatic carbocycles. The van der Waals surface area contributed by atoms with E-state index in [1.807, 2.05) is 25.1 Å². The minimum atomic E-state index is -0.0753. The molecular formula is C11H18N4O. The molecule has 1 unspecified atom stereocenters. The second kappa shape index (κ2) is 6.79. The van der Waals surface area contributed by atoms with Crippen molar-refractivity contribution in [2.24, 2.45) is 10.9 Å². The third-order valence-electron chi connectivity index (χ3n) is 2.38. The summed E-state index contributed by atoms with van der Waals surface area (Å²) in [5.74, 6) is 0.225. The molecule has 0 radical (unpaired) electrons. The Morgan fingerprint density at radius 2 is 2.44 bits per heavy atom. The Morgan fingerprint density at radius 1 is 1.62 bits per heavy atom. The maximum atomic E-state index is 8.56. The highest BCUT2D eigenvalue weighted by Crippen LogP contribution is 1.95. The average Bonchev–Trinajstić information content (AvgIpc) is 2.35. The van der Waals surface area contributed by atoms with E-state index in [-0.39, 0.29) is 11.9 Å². The van der Waals surface area contributed by atoms with Gasteiger partial charge in [0.25, 0.3) is 0 Å². The zero-order valence-corrected chi connectivity index (χ0v) is 9.43. The van der Waals surface area contributed by atoms with Gasteiger partial charge in [-0.25, -0.2) is 0 Å². The molecule has 88 valence electrons. The van der Waals surface area contributed by atoms with Gasteiger partial charge in [0.2, 0.25) is 0 Å². The third-order valence-corrected chi connectivity index (χ3v) is 2.38. The minimum absolute atomic E-state index is 0.0753. The van der Waals surface area contributed by atoms with Gasteiger partial charge in [-0.05, 0) is 18.6 Å². The van der Waals surface area contributed by atoms with Crippen LogP contribution in [0.5, 0.6) is 0 Å². The minimum Gasteiger partial charge on any atom is -0.409 e. The molecule has 1 aromatic heterocycles. The van der Waals surface area contributed by atoms with Crippen LogP contribution in [0.2, 0.25) is 0 Å². The van der Waals surface area contributed by atoms with Crippen molar-refractivity contribution in [3.05, 3.63) is 30.1 Å². The van der Waals surface area contributed by atoms with Gasteiger partial charge in [0.15, 0.2) is 5.84 Å². The lowest BCUT2D eigenvalue weighted by atomic mass is 10.2. The van der Waals surface area contributed by atoms with Gasteiger partial charge in [-0.15, -0.1) is 0 Å². The van der Waals surface area contributed by atoms with E-state index in [1.54, 1.807) is 6.20 Å². The van der Waals surface area contributed by atoms with Crippen molar-refractivity contribution in [2.75, 3.05) is 6.54 Å². The Morgan fingerprint density at radius 3 is 3.00 bits per heavy atom. The molecule has 1 atom stereocenters. The summed E-state index contributed by atoms with van der Waals surface area (Å²) in [6.45, 7) is 2.74. The zero-order valence-electron chi connectivity index (χ0n) is 9.43. The standard InChI is InChI=1S/C11H18N4O/c1-2-10(11(12)15-16)14-8-6-9-5-3-4-7-13-9/h3-5,7,10,14,16H,2,6,8H2,1H3,(H2,12,15). The summed E-state index contributed by atoms with van der Waals surface area (Å²) >= 11 is 0. The van der Waals surface area contributed by atoms with Crippen molar-refractivity contribution in [3.63, 3.8) is 0 Å². The van der Waals surface area contributed by atoms with Crippen molar-refractivity contribution in [3.8, 4) is 0 Å². The van der Waals surface area contributed by atoms with Gasteiger partial charge in [-0.1, -0.05) is 18.1 Å². The second-order valence-corrected chi connectivity index (χ2v) is 3.51. The number of oxime groups is 1. The molecule has 0 bridgehead atoms. The van der Waals surface area contributed by atoms with Crippen LogP contribution in [0.3, 0.4) is 0 Å². The second-order valence-electron chi connectivity index (χ2n) is 3.51. The Bertz CT molecular complexity index is 326. The highest BCUT2D eigenvalue weighted by Gasteiger charge is 2.09. The van der Waals surface area contributed by atoms with Crippen molar-refractivity contribution in [1.82, 2.24) is 10.3 Å². The van der Waals surface area contributed by atoms with Crippen molar-refractivity contribution >= 4 is 5.84 Å². The Hall–Kier alpha value is -1.62. The summed E-state index contributed by atoms with van der Waals surface area (Å²) in [7, 11) is 0. The number of hydrogen-bond acceptors (Lipinski definition) is 4. The largest absolute Gasteiger partial charge is 0.409 e. The van der Waals surface area contributed by atoms with Gasteiger partial charge in [-0.3, -0.25) is 4.98 Å². The zero-order chi connectivity index (χ0) is 11.8. The van der Waals surface area contributed by atoms with E-state index in [0.29, 0.717) is 0 Å². The van der Waals surface area contributed by atoms with Gasteiger partial charge in [0.05, 0.1) is 6.04 Å². The first-order valence-electron chi connectivity index (χ1n) is 5.38. The highest BCUT2D eigenvalue weighted by molar-refractivity contribution is 5.85. The van der Waals surface area contributed by atoms with Crippen LogP contribution in [-0.2, 0) is 6.42 Å². The summed E-state index contributed by atoms with van der Waals surface area (Å²) < 4.78 is 0. The number of hydrogen-bond donors (Lipinski definition) is 3. The van der Waals surface area contributed by atoms with Crippen molar-refractivity contribution < 1.29 is 5.21 Å². The molecule has 0 saturated heterocycles. The van der Waals surface area contributed by atoms with E-state index < -0.39 is 0 Å². The first-order valence-corrected chi connectivity index (χ1v) is 5.38. The molecule has 5 nitrogen and oxygen atoms in total. The van der Waals surface area contributed by atoms with E-state index >= 15 is 0 Å². The first-order chi connectivity index (χ1) is 7.77. The maximum Gasteiger partial charge on any atom is 0.156 e. The number of nitrogens with one attached hydrogen (secondary N) is 1. The molecule has 1 heterocycles. The van der Waals surface area contributed by atoms with Gasteiger partial charge >= 0.3 is 0 Å². The number of nitrogens with zero attached hydrogens (tertiary/aromatic N) is 2. The molecule has 0 amide bonds. The molecule has 0 aliphatic rings. The maximum absolute atomic E-state index is 8.56. The van der Waals surface area contributed by atoms with Gasteiger partial charge in [0, 0.05) is 24.9 Å². The number of amidine groups is 1.